The molecule has 1 saturated carbocycles. The minimum absolute atomic E-state index is 0.110. The molecular weight excluding hydrogens is 460 g/mol. The second kappa shape index (κ2) is 8.47. The lowest BCUT2D eigenvalue weighted by Crippen LogP contribution is -2.38. The summed E-state index contributed by atoms with van der Waals surface area (Å²) < 4.78 is 33.8. The Bertz CT molecular complexity index is 1180. The van der Waals surface area contributed by atoms with Gasteiger partial charge in [0.05, 0.1) is 11.1 Å². The molecule has 9 nitrogen and oxygen atoms in total. The van der Waals surface area contributed by atoms with Crippen LogP contribution in [0, 0.1) is 0 Å². The fourth-order valence-corrected chi connectivity index (χ4v) is 6.08. The molecule has 1 aliphatic carbocycles. The van der Waals surface area contributed by atoms with Gasteiger partial charge in [-0.25, -0.2) is 23.1 Å². The van der Waals surface area contributed by atoms with Gasteiger partial charge in [-0.3, -0.25) is 5.10 Å². The maximum absolute atomic E-state index is 12.7. The molecule has 4 heterocycles. The van der Waals surface area contributed by atoms with Crippen molar-refractivity contribution in [1.82, 2.24) is 24.9 Å². The number of anilines is 2. The van der Waals surface area contributed by atoms with Crippen LogP contribution in [0.3, 0.4) is 0 Å². The Labute approximate surface area is 188 Å². The van der Waals surface area contributed by atoms with E-state index in [1.165, 1.54) is 19.0 Å². The van der Waals surface area contributed by atoms with E-state index in [4.69, 9.17) is 16.3 Å². The molecule has 0 radical (unpaired) electrons. The van der Waals surface area contributed by atoms with Crippen LogP contribution < -0.4 is 10.0 Å². The average molecular weight is 481 g/mol. The molecule has 0 spiro atoms. The average Bonchev–Trinajstić information content (AvgIpc) is 3.28. The van der Waals surface area contributed by atoms with Gasteiger partial charge in [-0.15, -0.1) is 11.3 Å². The molecule has 5 rings (SSSR count). The highest BCUT2D eigenvalue weighted by Gasteiger charge is 2.26. The number of H-pyrrole nitrogens is 1. The van der Waals surface area contributed by atoms with E-state index in [0.717, 1.165) is 17.0 Å². The molecule has 0 aromatic carbocycles. The van der Waals surface area contributed by atoms with E-state index in [1.54, 1.807) is 12.1 Å². The van der Waals surface area contributed by atoms with Crippen molar-refractivity contribution in [2.24, 2.45) is 0 Å². The summed E-state index contributed by atoms with van der Waals surface area (Å²) in [7, 11) is -3.61. The van der Waals surface area contributed by atoms with Crippen LogP contribution in [-0.2, 0) is 14.8 Å². The Hall–Kier alpha value is -2.05. The summed E-state index contributed by atoms with van der Waals surface area (Å²) in [5, 5.41) is 10.8. The number of hydrogen-bond acceptors (Lipinski definition) is 8. The van der Waals surface area contributed by atoms with Crippen LogP contribution in [0.4, 0.5) is 11.6 Å². The number of nitrogens with one attached hydrogen (secondary N) is 3. The van der Waals surface area contributed by atoms with Crippen LogP contribution in [0.5, 0.6) is 0 Å². The van der Waals surface area contributed by atoms with Crippen molar-refractivity contribution in [1.29, 1.82) is 0 Å². The summed E-state index contributed by atoms with van der Waals surface area (Å²) in [6.07, 6.45) is 5.18. The summed E-state index contributed by atoms with van der Waals surface area (Å²) in [6.45, 7) is 1.13. The van der Waals surface area contributed by atoms with Gasteiger partial charge < -0.3 is 10.1 Å². The zero-order valence-electron chi connectivity index (χ0n) is 16.5. The molecule has 12 heteroatoms. The normalized spacial score (nSPS) is 17.7. The van der Waals surface area contributed by atoms with Gasteiger partial charge in [0.2, 0.25) is 10.0 Å². The van der Waals surface area contributed by atoms with Crippen LogP contribution >= 0.6 is 22.9 Å². The second-order valence-electron chi connectivity index (χ2n) is 7.62. The van der Waals surface area contributed by atoms with Crippen molar-refractivity contribution in [3.63, 3.8) is 0 Å². The third-order valence-electron chi connectivity index (χ3n) is 5.22. The summed E-state index contributed by atoms with van der Waals surface area (Å²) in [4.78, 5) is 9.39. The third kappa shape index (κ3) is 4.75. The first-order chi connectivity index (χ1) is 15.0. The van der Waals surface area contributed by atoms with Crippen LogP contribution in [-0.4, -0.2) is 47.8 Å². The van der Waals surface area contributed by atoms with Gasteiger partial charge in [-0.2, -0.15) is 5.10 Å². The Morgan fingerprint density at radius 2 is 2.00 bits per heavy atom. The molecule has 0 unspecified atom stereocenters. The molecule has 0 atom stereocenters. The molecule has 1 saturated heterocycles. The first-order valence-corrected chi connectivity index (χ1v) is 12.7. The maximum atomic E-state index is 12.7. The number of thiophene rings is 1. The molecule has 164 valence electrons. The number of rotatable bonds is 7. The molecule has 1 aliphatic heterocycles. The minimum Gasteiger partial charge on any atom is -0.381 e. The SMILES string of the molecule is O=S(=O)(NC1CCOCC1)c1ccc(-c2ncc(Cl)c(Nc3cc(C4CC4)[nH]n3)n2)s1. The van der Waals surface area contributed by atoms with Crippen molar-refractivity contribution >= 4 is 44.6 Å². The van der Waals surface area contributed by atoms with Gasteiger partial charge in [-0.1, -0.05) is 11.6 Å². The van der Waals surface area contributed by atoms with E-state index in [-0.39, 0.29) is 10.3 Å². The highest BCUT2D eigenvalue weighted by molar-refractivity contribution is 7.91. The highest BCUT2D eigenvalue weighted by atomic mass is 35.5. The molecule has 0 amide bonds. The van der Waals surface area contributed by atoms with E-state index in [9.17, 15) is 8.42 Å². The lowest BCUT2D eigenvalue weighted by Gasteiger charge is -2.22. The number of hydrogen-bond donors (Lipinski definition) is 3. The largest absolute Gasteiger partial charge is 0.381 e. The number of aromatic nitrogens is 4. The van der Waals surface area contributed by atoms with Crippen LogP contribution in [0.25, 0.3) is 10.7 Å². The lowest BCUT2D eigenvalue weighted by molar-refractivity contribution is 0.0832. The molecule has 2 aliphatic rings. The number of ether oxygens (including phenoxy) is 1. The molecule has 31 heavy (non-hydrogen) atoms. The predicted octanol–water partition coefficient (Wildman–Crippen LogP) is 3.66. The van der Waals surface area contributed by atoms with Gasteiger partial charge >= 0.3 is 0 Å². The summed E-state index contributed by atoms with van der Waals surface area (Å²) >= 11 is 7.38. The number of nitrogens with zero attached hydrogens (tertiary/aromatic N) is 3. The predicted molar refractivity (Wildman–Crippen MR) is 118 cm³/mol. The molecule has 3 aromatic rings. The summed E-state index contributed by atoms with van der Waals surface area (Å²) in [5.41, 5.74) is 1.10. The Morgan fingerprint density at radius 1 is 1.19 bits per heavy atom. The van der Waals surface area contributed by atoms with Crippen molar-refractivity contribution in [3.8, 4) is 10.7 Å². The first kappa shape index (κ1) is 20.8. The molecule has 3 aromatic heterocycles. The Balaban J connectivity index is 1.34. The smallest absolute Gasteiger partial charge is 0.250 e. The van der Waals surface area contributed by atoms with Crippen molar-refractivity contribution in [3.05, 3.63) is 35.1 Å². The summed E-state index contributed by atoms with van der Waals surface area (Å²) in [6, 6.07) is 5.12. The number of halogens is 1. The fourth-order valence-electron chi connectivity index (χ4n) is 3.38. The molecule has 0 bridgehead atoms. The number of aromatic amines is 1. The number of sulfonamides is 1. The zero-order chi connectivity index (χ0) is 21.4. The van der Waals surface area contributed by atoms with Crippen molar-refractivity contribution < 1.29 is 13.2 Å². The highest BCUT2D eigenvalue weighted by Crippen LogP contribution is 2.40. The summed E-state index contributed by atoms with van der Waals surface area (Å²) in [5.74, 6) is 1.99. The van der Waals surface area contributed by atoms with Crippen molar-refractivity contribution in [2.75, 3.05) is 18.5 Å². The van der Waals surface area contributed by atoms with Crippen molar-refractivity contribution in [2.45, 2.75) is 41.9 Å². The fraction of sp³-hybridized carbons (Fsp3) is 0.421. The van der Waals surface area contributed by atoms with E-state index in [1.807, 2.05) is 6.07 Å². The van der Waals surface area contributed by atoms with E-state index in [0.29, 0.717) is 59.3 Å². The second-order valence-corrected chi connectivity index (χ2v) is 11.1. The first-order valence-electron chi connectivity index (χ1n) is 10.0. The van der Waals surface area contributed by atoms with Gasteiger partial charge in [0.15, 0.2) is 17.5 Å². The maximum Gasteiger partial charge on any atom is 0.250 e. The third-order valence-corrected chi connectivity index (χ3v) is 8.59. The van der Waals surface area contributed by atoms with E-state index >= 15 is 0 Å². The molecule has 2 fully saturated rings. The zero-order valence-corrected chi connectivity index (χ0v) is 18.9. The van der Waals surface area contributed by atoms with Gasteiger partial charge in [0, 0.05) is 36.9 Å². The van der Waals surface area contributed by atoms with Gasteiger partial charge in [0.25, 0.3) is 0 Å². The molecular formula is C19H21ClN6O3S2. The van der Waals surface area contributed by atoms with Gasteiger partial charge in [0.1, 0.15) is 9.23 Å². The quantitative estimate of drug-likeness (QED) is 0.471. The molecule has 3 N–H and O–H groups in total. The van der Waals surface area contributed by atoms with Crippen LogP contribution in [0.1, 0.15) is 37.3 Å². The van der Waals surface area contributed by atoms with E-state index in [2.05, 4.69) is 30.2 Å². The standard InChI is InChI=1S/C19H21ClN6O3S2/c20-13-10-21-19(23-18(13)22-16-9-14(24-25-16)11-1-2-11)15-3-4-17(30-15)31(27,28)26-12-5-7-29-8-6-12/h3-4,9-12,26H,1-2,5-8H2,(H2,21,22,23,24,25). The van der Waals surface area contributed by atoms with Crippen LogP contribution in [0.15, 0.2) is 28.6 Å². The Morgan fingerprint density at radius 3 is 2.77 bits per heavy atom. The van der Waals surface area contributed by atoms with Crippen LogP contribution in [0.2, 0.25) is 5.02 Å². The monoisotopic (exact) mass is 480 g/mol. The van der Waals surface area contributed by atoms with Gasteiger partial charge in [-0.05, 0) is 37.8 Å². The topological polar surface area (TPSA) is 122 Å². The minimum atomic E-state index is -3.61. The Kier molecular flexibility index (Phi) is 5.69. The lowest BCUT2D eigenvalue weighted by atomic mass is 10.1. The van der Waals surface area contributed by atoms with E-state index < -0.39 is 10.0 Å².